The summed E-state index contributed by atoms with van der Waals surface area (Å²) in [6.07, 6.45) is 3.57. The third kappa shape index (κ3) is 3.14. The number of carbonyl (C=O) groups excluding carboxylic acids is 2. The zero-order chi connectivity index (χ0) is 14.9. The molecule has 2 amide bonds. The fraction of sp³-hybridized carbons (Fsp3) is 0.867. The number of hydrogen-bond acceptors (Lipinski definition) is 3. The highest BCUT2D eigenvalue weighted by Crippen LogP contribution is 2.30. The van der Waals surface area contributed by atoms with Crippen LogP contribution in [-0.4, -0.2) is 47.0 Å². The molecule has 114 valence electrons. The Morgan fingerprint density at radius 2 is 2.10 bits per heavy atom. The van der Waals surface area contributed by atoms with Gasteiger partial charge in [-0.15, -0.1) is 0 Å². The molecule has 2 saturated heterocycles. The minimum Gasteiger partial charge on any atom is -0.371 e. The quantitative estimate of drug-likeness (QED) is 0.849. The van der Waals surface area contributed by atoms with Crippen molar-refractivity contribution in [1.29, 1.82) is 0 Å². The van der Waals surface area contributed by atoms with Crippen molar-refractivity contribution < 1.29 is 14.3 Å². The summed E-state index contributed by atoms with van der Waals surface area (Å²) in [4.78, 5) is 26.2. The van der Waals surface area contributed by atoms with Crippen molar-refractivity contribution in [2.45, 2.75) is 77.2 Å². The van der Waals surface area contributed by atoms with Gasteiger partial charge in [0.15, 0.2) is 0 Å². The molecular weight excluding hydrogens is 256 g/mol. The lowest BCUT2D eigenvalue weighted by Gasteiger charge is -2.38. The molecule has 2 aliphatic heterocycles. The first kappa shape index (κ1) is 15.3. The molecule has 0 aromatic rings. The van der Waals surface area contributed by atoms with E-state index in [4.69, 9.17) is 4.74 Å². The van der Waals surface area contributed by atoms with E-state index in [1.54, 1.807) is 11.8 Å². The molecule has 2 heterocycles. The molecule has 5 heteroatoms. The first-order valence-corrected chi connectivity index (χ1v) is 7.62. The summed E-state index contributed by atoms with van der Waals surface area (Å²) in [6.45, 7) is 8.47. The molecule has 2 rings (SSSR count). The van der Waals surface area contributed by atoms with Crippen molar-refractivity contribution in [1.82, 2.24) is 10.2 Å². The molecule has 1 N–H and O–H groups in total. The smallest absolute Gasteiger partial charge is 0.245 e. The maximum Gasteiger partial charge on any atom is 0.245 e. The second-order valence-corrected chi connectivity index (χ2v) is 6.55. The third-order valence-corrected chi connectivity index (χ3v) is 4.28. The Hall–Kier alpha value is -1.10. The van der Waals surface area contributed by atoms with Crippen LogP contribution < -0.4 is 5.32 Å². The van der Waals surface area contributed by atoms with Gasteiger partial charge >= 0.3 is 0 Å². The van der Waals surface area contributed by atoms with E-state index in [0.717, 1.165) is 19.3 Å². The van der Waals surface area contributed by atoms with Crippen LogP contribution in [0.1, 0.15) is 53.4 Å². The molecule has 20 heavy (non-hydrogen) atoms. The van der Waals surface area contributed by atoms with Gasteiger partial charge < -0.3 is 15.0 Å². The Kier molecular flexibility index (Phi) is 4.37. The largest absolute Gasteiger partial charge is 0.371 e. The maximum absolute atomic E-state index is 12.5. The number of amides is 2. The van der Waals surface area contributed by atoms with Crippen molar-refractivity contribution in [3.05, 3.63) is 0 Å². The summed E-state index contributed by atoms with van der Waals surface area (Å²) < 4.78 is 5.95. The molecule has 0 aliphatic carbocycles. The Morgan fingerprint density at radius 3 is 2.65 bits per heavy atom. The normalized spacial score (nSPS) is 33.4. The topological polar surface area (TPSA) is 58.6 Å². The first-order valence-electron chi connectivity index (χ1n) is 7.62. The van der Waals surface area contributed by atoms with Gasteiger partial charge in [0.05, 0.1) is 11.7 Å². The van der Waals surface area contributed by atoms with Gasteiger partial charge in [0.25, 0.3) is 0 Å². The molecule has 5 nitrogen and oxygen atoms in total. The predicted octanol–water partition coefficient (Wildman–Crippen LogP) is 1.46. The number of rotatable bonds is 4. The molecule has 3 unspecified atom stereocenters. The standard InChI is InChI=1S/C15H26N2O3/c1-5-6-12-14(19)17(10(2)13(18)16-12)9-11-7-8-15(3,4)20-11/h10-12H,5-9H2,1-4H3,(H,16,18). The van der Waals surface area contributed by atoms with Crippen LogP contribution in [0.2, 0.25) is 0 Å². The predicted molar refractivity (Wildman–Crippen MR) is 76.2 cm³/mol. The lowest BCUT2D eigenvalue weighted by atomic mass is 10.0. The van der Waals surface area contributed by atoms with Gasteiger partial charge in [-0.3, -0.25) is 9.59 Å². The van der Waals surface area contributed by atoms with Gasteiger partial charge in [-0.25, -0.2) is 0 Å². The number of ether oxygens (including phenoxy) is 1. The SMILES string of the molecule is CCCC1NC(=O)C(C)N(CC2CCC(C)(C)O2)C1=O. The molecule has 0 bridgehead atoms. The fourth-order valence-electron chi connectivity index (χ4n) is 3.04. The van der Waals surface area contributed by atoms with Gasteiger partial charge in [0.1, 0.15) is 12.1 Å². The minimum absolute atomic E-state index is 0.0345. The van der Waals surface area contributed by atoms with Crippen LogP contribution in [0.25, 0.3) is 0 Å². The summed E-state index contributed by atoms with van der Waals surface area (Å²) >= 11 is 0. The Balaban J connectivity index is 2.04. The second-order valence-electron chi connectivity index (χ2n) is 6.55. The molecule has 2 aliphatic rings. The average molecular weight is 282 g/mol. The van der Waals surface area contributed by atoms with Crippen LogP contribution >= 0.6 is 0 Å². The molecule has 0 aromatic heterocycles. The Bertz CT molecular complexity index is 395. The lowest BCUT2D eigenvalue weighted by molar-refractivity contribution is -0.151. The van der Waals surface area contributed by atoms with E-state index in [1.807, 2.05) is 6.92 Å². The van der Waals surface area contributed by atoms with E-state index < -0.39 is 6.04 Å². The zero-order valence-corrected chi connectivity index (χ0v) is 12.9. The van der Waals surface area contributed by atoms with E-state index in [-0.39, 0.29) is 29.6 Å². The minimum atomic E-state index is -0.400. The number of hydrogen-bond donors (Lipinski definition) is 1. The molecule has 0 spiro atoms. The van der Waals surface area contributed by atoms with Crippen LogP contribution in [0.5, 0.6) is 0 Å². The van der Waals surface area contributed by atoms with Crippen molar-refractivity contribution >= 4 is 11.8 Å². The number of nitrogens with one attached hydrogen (secondary N) is 1. The highest BCUT2D eigenvalue weighted by atomic mass is 16.5. The Labute approximate surface area is 121 Å². The van der Waals surface area contributed by atoms with Crippen LogP contribution in [0.3, 0.4) is 0 Å². The van der Waals surface area contributed by atoms with Crippen molar-refractivity contribution in [2.75, 3.05) is 6.54 Å². The highest BCUT2D eigenvalue weighted by molar-refractivity contribution is 5.96. The van der Waals surface area contributed by atoms with Crippen LogP contribution in [0, 0.1) is 0 Å². The van der Waals surface area contributed by atoms with Crippen LogP contribution in [0.15, 0.2) is 0 Å². The summed E-state index contributed by atoms with van der Waals surface area (Å²) in [6, 6.07) is -0.763. The van der Waals surface area contributed by atoms with E-state index in [2.05, 4.69) is 19.2 Å². The molecule has 3 atom stereocenters. The molecule has 0 radical (unpaired) electrons. The van der Waals surface area contributed by atoms with Gasteiger partial charge in [-0.1, -0.05) is 13.3 Å². The van der Waals surface area contributed by atoms with Gasteiger partial charge in [-0.2, -0.15) is 0 Å². The number of carbonyl (C=O) groups is 2. The van der Waals surface area contributed by atoms with Gasteiger partial charge in [0.2, 0.25) is 11.8 Å². The number of piperazine rings is 1. The van der Waals surface area contributed by atoms with E-state index in [1.165, 1.54) is 0 Å². The third-order valence-electron chi connectivity index (χ3n) is 4.28. The fourth-order valence-corrected chi connectivity index (χ4v) is 3.04. The van der Waals surface area contributed by atoms with Crippen molar-refractivity contribution in [3.8, 4) is 0 Å². The monoisotopic (exact) mass is 282 g/mol. The summed E-state index contributed by atoms with van der Waals surface area (Å²) in [5.74, 6) is -0.0208. The highest BCUT2D eigenvalue weighted by Gasteiger charge is 2.40. The summed E-state index contributed by atoms with van der Waals surface area (Å²) in [5, 5.41) is 2.82. The van der Waals surface area contributed by atoms with Gasteiger partial charge in [-0.05, 0) is 40.0 Å². The molecule has 0 saturated carbocycles. The Morgan fingerprint density at radius 1 is 1.40 bits per heavy atom. The van der Waals surface area contributed by atoms with E-state index in [9.17, 15) is 9.59 Å². The molecule has 2 fully saturated rings. The molecule has 0 aromatic carbocycles. The van der Waals surface area contributed by atoms with Crippen molar-refractivity contribution in [2.24, 2.45) is 0 Å². The number of nitrogens with zero attached hydrogens (tertiary/aromatic N) is 1. The summed E-state index contributed by atoms with van der Waals surface area (Å²) in [7, 11) is 0. The zero-order valence-electron chi connectivity index (χ0n) is 12.9. The van der Waals surface area contributed by atoms with E-state index in [0.29, 0.717) is 13.0 Å². The lowest BCUT2D eigenvalue weighted by Crippen LogP contribution is -2.63. The molecular formula is C15H26N2O3. The maximum atomic E-state index is 12.5. The van der Waals surface area contributed by atoms with Crippen LogP contribution in [-0.2, 0) is 14.3 Å². The van der Waals surface area contributed by atoms with Crippen molar-refractivity contribution in [3.63, 3.8) is 0 Å². The van der Waals surface area contributed by atoms with Gasteiger partial charge in [0, 0.05) is 6.54 Å². The summed E-state index contributed by atoms with van der Waals surface area (Å²) in [5.41, 5.74) is -0.113. The first-order chi connectivity index (χ1) is 9.34. The second kappa shape index (κ2) is 5.72. The average Bonchev–Trinajstić information content (AvgIpc) is 2.71. The van der Waals surface area contributed by atoms with E-state index >= 15 is 0 Å². The van der Waals surface area contributed by atoms with Crippen LogP contribution in [0.4, 0.5) is 0 Å².